The zero-order valence-corrected chi connectivity index (χ0v) is 9.54. The summed E-state index contributed by atoms with van der Waals surface area (Å²) >= 11 is 0. The number of hydrogen-bond acceptors (Lipinski definition) is 4. The molecule has 3 N–H and O–H groups in total. The molecule has 1 fully saturated rings. The summed E-state index contributed by atoms with van der Waals surface area (Å²) in [7, 11) is 0. The Balaban J connectivity index is 2.08. The van der Waals surface area contributed by atoms with E-state index in [1.165, 1.54) is 0 Å². The Morgan fingerprint density at radius 1 is 1.62 bits per heavy atom. The number of nitrogens with one attached hydrogen (secondary N) is 3. The van der Waals surface area contributed by atoms with Gasteiger partial charge in [-0.25, -0.2) is 0 Å². The fraction of sp³-hybridized carbons (Fsp3) is 0.800. The molecule has 92 valence electrons. The summed E-state index contributed by atoms with van der Waals surface area (Å²) in [5.41, 5.74) is 0. The second-order valence-electron chi connectivity index (χ2n) is 3.58. The first-order chi connectivity index (χ1) is 7.74. The van der Waals surface area contributed by atoms with Crippen LogP contribution in [-0.4, -0.2) is 50.7 Å². The Morgan fingerprint density at radius 2 is 2.44 bits per heavy atom. The van der Waals surface area contributed by atoms with Gasteiger partial charge in [0, 0.05) is 26.3 Å². The van der Waals surface area contributed by atoms with Crippen LogP contribution in [0.3, 0.4) is 0 Å². The average molecular weight is 229 g/mol. The molecule has 0 aromatic rings. The molecule has 6 nitrogen and oxygen atoms in total. The highest BCUT2D eigenvalue weighted by molar-refractivity contribution is 5.86. The van der Waals surface area contributed by atoms with Gasteiger partial charge in [-0.1, -0.05) is 0 Å². The zero-order valence-electron chi connectivity index (χ0n) is 9.54. The molecule has 0 radical (unpaired) electrons. The lowest BCUT2D eigenvalue weighted by Crippen LogP contribution is -2.58. The van der Waals surface area contributed by atoms with Gasteiger partial charge >= 0.3 is 0 Å². The predicted octanol–water partition coefficient (Wildman–Crippen LogP) is -1.38. The number of carbonyl (C=O) groups is 2. The van der Waals surface area contributed by atoms with Crippen LogP contribution >= 0.6 is 0 Å². The maximum Gasteiger partial charge on any atom is 0.238 e. The van der Waals surface area contributed by atoms with E-state index in [0.717, 1.165) is 6.42 Å². The third-order valence-electron chi connectivity index (χ3n) is 2.30. The Kier molecular flexibility index (Phi) is 5.81. The van der Waals surface area contributed by atoms with Crippen LogP contribution in [0.5, 0.6) is 0 Å². The van der Waals surface area contributed by atoms with Crippen molar-refractivity contribution in [3.63, 3.8) is 0 Å². The number of hydrogen-bond donors (Lipinski definition) is 3. The molecule has 0 saturated carbocycles. The quantitative estimate of drug-likeness (QED) is 0.490. The monoisotopic (exact) mass is 229 g/mol. The third-order valence-corrected chi connectivity index (χ3v) is 2.30. The Hall–Kier alpha value is -1.14. The van der Waals surface area contributed by atoms with Crippen LogP contribution in [0.2, 0.25) is 0 Å². The predicted molar refractivity (Wildman–Crippen MR) is 58.9 cm³/mol. The first-order valence-corrected chi connectivity index (χ1v) is 5.59. The van der Waals surface area contributed by atoms with Crippen LogP contribution in [0.15, 0.2) is 0 Å². The van der Waals surface area contributed by atoms with Crippen molar-refractivity contribution >= 4 is 11.8 Å². The van der Waals surface area contributed by atoms with E-state index in [4.69, 9.17) is 4.74 Å². The first kappa shape index (κ1) is 12.9. The van der Waals surface area contributed by atoms with Gasteiger partial charge < -0.3 is 15.4 Å². The van der Waals surface area contributed by atoms with Gasteiger partial charge in [0.2, 0.25) is 11.8 Å². The molecule has 1 atom stereocenters. The van der Waals surface area contributed by atoms with Crippen molar-refractivity contribution in [3.05, 3.63) is 0 Å². The number of piperazine rings is 1. The summed E-state index contributed by atoms with van der Waals surface area (Å²) in [4.78, 5) is 22.4. The Labute approximate surface area is 95.1 Å². The van der Waals surface area contributed by atoms with E-state index in [2.05, 4.69) is 16.0 Å². The standard InChI is InChI=1S/C10H19N3O3/c1-2-16-5-3-4-11-10(15)8-6-13-9(14)7-12-8/h8,12H,2-7H2,1H3,(H,11,15)(H,13,14). The Morgan fingerprint density at radius 3 is 3.06 bits per heavy atom. The van der Waals surface area contributed by atoms with Gasteiger partial charge in [-0.2, -0.15) is 0 Å². The van der Waals surface area contributed by atoms with E-state index >= 15 is 0 Å². The number of ether oxygens (including phenoxy) is 1. The maximum absolute atomic E-state index is 11.6. The van der Waals surface area contributed by atoms with Crippen molar-refractivity contribution in [2.75, 3.05) is 32.8 Å². The van der Waals surface area contributed by atoms with E-state index in [1.807, 2.05) is 6.92 Å². The summed E-state index contributed by atoms with van der Waals surface area (Å²) in [6.45, 7) is 4.46. The Bertz CT molecular complexity index is 235. The summed E-state index contributed by atoms with van der Waals surface area (Å²) in [5.74, 6) is -0.142. The highest BCUT2D eigenvalue weighted by Gasteiger charge is 2.22. The minimum Gasteiger partial charge on any atom is -0.382 e. The second kappa shape index (κ2) is 7.19. The molecule has 1 aliphatic heterocycles. The van der Waals surface area contributed by atoms with Gasteiger partial charge in [0.15, 0.2) is 0 Å². The number of amides is 2. The lowest BCUT2D eigenvalue weighted by atomic mass is 10.2. The molecule has 0 aliphatic carbocycles. The van der Waals surface area contributed by atoms with Crippen LogP contribution in [-0.2, 0) is 14.3 Å². The highest BCUT2D eigenvalue weighted by atomic mass is 16.5. The van der Waals surface area contributed by atoms with Crippen LogP contribution < -0.4 is 16.0 Å². The minimum atomic E-state index is -0.315. The zero-order chi connectivity index (χ0) is 11.8. The highest BCUT2D eigenvalue weighted by Crippen LogP contribution is 1.89. The van der Waals surface area contributed by atoms with E-state index in [9.17, 15) is 9.59 Å². The van der Waals surface area contributed by atoms with Gasteiger partial charge in [-0.05, 0) is 13.3 Å². The summed E-state index contributed by atoms with van der Waals surface area (Å²) < 4.78 is 5.15. The molecular weight excluding hydrogens is 210 g/mol. The molecule has 1 rings (SSSR count). The molecule has 16 heavy (non-hydrogen) atoms. The molecule has 1 aliphatic rings. The van der Waals surface area contributed by atoms with Crippen molar-refractivity contribution in [2.24, 2.45) is 0 Å². The van der Waals surface area contributed by atoms with E-state index in [-0.39, 0.29) is 24.4 Å². The SMILES string of the molecule is CCOCCCNC(=O)C1CNC(=O)CN1. The second-order valence-corrected chi connectivity index (χ2v) is 3.58. The van der Waals surface area contributed by atoms with Gasteiger partial charge in [0.05, 0.1) is 6.54 Å². The summed E-state index contributed by atoms with van der Waals surface area (Å²) in [6, 6.07) is -0.315. The minimum absolute atomic E-state index is 0.0691. The average Bonchev–Trinajstić information content (AvgIpc) is 2.29. The van der Waals surface area contributed by atoms with Crippen molar-refractivity contribution in [3.8, 4) is 0 Å². The van der Waals surface area contributed by atoms with Crippen molar-refractivity contribution in [1.29, 1.82) is 0 Å². The fourth-order valence-electron chi connectivity index (χ4n) is 1.41. The first-order valence-electron chi connectivity index (χ1n) is 5.59. The largest absolute Gasteiger partial charge is 0.382 e. The molecule has 0 aromatic heterocycles. The van der Waals surface area contributed by atoms with Crippen LogP contribution in [0, 0.1) is 0 Å². The number of carbonyl (C=O) groups excluding carboxylic acids is 2. The molecule has 0 aromatic carbocycles. The van der Waals surface area contributed by atoms with Gasteiger partial charge in [0.25, 0.3) is 0 Å². The van der Waals surface area contributed by atoms with Gasteiger partial charge in [-0.3, -0.25) is 14.9 Å². The third kappa shape index (κ3) is 4.59. The molecule has 0 spiro atoms. The number of rotatable bonds is 6. The van der Waals surface area contributed by atoms with Crippen molar-refractivity contribution in [2.45, 2.75) is 19.4 Å². The normalized spacial score (nSPS) is 20.3. The lowest BCUT2D eigenvalue weighted by molar-refractivity contribution is -0.126. The van der Waals surface area contributed by atoms with E-state index in [1.54, 1.807) is 0 Å². The smallest absolute Gasteiger partial charge is 0.238 e. The van der Waals surface area contributed by atoms with Gasteiger partial charge in [0.1, 0.15) is 6.04 Å². The molecule has 1 heterocycles. The lowest BCUT2D eigenvalue weighted by Gasteiger charge is -2.23. The molecule has 1 saturated heterocycles. The van der Waals surface area contributed by atoms with Crippen molar-refractivity contribution in [1.82, 2.24) is 16.0 Å². The van der Waals surface area contributed by atoms with Crippen LogP contribution in [0.25, 0.3) is 0 Å². The van der Waals surface area contributed by atoms with Crippen LogP contribution in [0.1, 0.15) is 13.3 Å². The van der Waals surface area contributed by atoms with Gasteiger partial charge in [-0.15, -0.1) is 0 Å². The molecule has 6 heteroatoms. The summed E-state index contributed by atoms with van der Waals surface area (Å²) in [6.07, 6.45) is 0.804. The topological polar surface area (TPSA) is 79.5 Å². The molecule has 1 unspecified atom stereocenters. The fourth-order valence-corrected chi connectivity index (χ4v) is 1.41. The molecule has 2 amide bonds. The van der Waals surface area contributed by atoms with Crippen molar-refractivity contribution < 1.29 is 14.3 Å². The maximum atomic E-state index is 11.6. The summed E-state index contributed by atoms with van der Waals surface area (Å²) in [5, 5.41) is 8.30. The molecular formula is C10H19N3O3. The van der Waals surface area contributed by atoms with Crippen LogP contribution in [0.4, 0.5) is 0 Å². The van der Waals surface area contributed by atoms with E-state index < -0.39 is 0 Å². The van der Waals surface area contributed by atoms with E-state index in [0.29, 0.717) is 26.3 Å². The molecule has 0 bridgehead atoms.